The standard InChI is InChI=1S/C17H19ClN4O3S/c18-9-15(23)19-13-3-1-12(2-4-13)14-11-26-17(20-14)21-16(24)10-22-5-7-25-8-6-22/h1-4,11H,5-10H2,(H,19,23)(H,20,21,24). The van der Waals surface area contributed by atoms with Crippen LogP contribution in [-0.2, 0) is 14.3 Å². The van der Waals surface area contributed by atoms with Crippen LogP contribution in [0.3, 0.4) is 0 Å². The van der Waals surface area contributed by atoms with E-state index in [1.807, 2.05) is 17.5 Å². The van der Waals surface area contributed by atoms with Gasteiger partial charge in [-0.25, -0.2) is 4.98 Å². The van der Waals surface area contributed by atoms with Crippen LogP contribution in [0.2, 0.25) is 0 Å². The van der Waals surface area contributed by atoms with Gasteiger partial charge in [0.25, 0.3) is 0 Å². The zero-order valence-corrected chi connectivity index (χ0v) is 15.6. The number of hydrogen-bond acceptors (Lipinski definition) is 6. The smallest absolute Gasteiger partial charge is 0.240 e. The highest BCUT2D eigenvalue weighted by atomic mass is 35.5. The van der Waals surface area contributed by atoms with Crippen molar-refractivity contribution in [3.05, 3.63) is 29.6 Å². The third-order valence-corrected chi connectivity index (χ3v) is 4.81. The molecule has 0 unspecified atom stereocenters. The van der Waals surface area contributed by atoms with Crippen molar-refractivity contribution >= 4 is 45.6 Å². The summed E-state index contributed by atoms with van der Waals surface area (Å²) in [6.07, 6.45) is 0. The van der Waals surface area contributed by atoms with E-state index in [9.17, 15) is 9.59 Å². The number of alkyl halides is 1. The van der Waals surface area contributed by atoms with Crippen LogP contribution in [0.5, 0.6) is 0 Å². The average molecular weight is 395 g/mol. The third-order valence-electron chi connectivity index (χ3n) is 3.81. The lowest BCUT2D eigenvalue weighted by molar-refractivity contribution is -0.118. The largest absolute Gasteiger partial charge is 0.379 e. The fourth-order valence-corrected chi connectivity index (χ4v) is 3.31. The van der Waals surface area contributed by atoms with E-state index >= 15 is 0 Å². The number of ether oxygens (including phenoxy) is 1. The highest BCUT2D eigenvalue weighted by molar-refractivity contribution is 7.14. The van der Waals surface area contributed by atoms with Crippen molar-refractivity contribution in [3.63, 3.8) is 0 Å². The van der Waals surface area contributed by atoms with Gasteiger partial charge in [-0.15, -0.1) is 22.9 Å². The predicted octanol–water partition coefficient (Wildman–Crippen LogP) is 2.26. The van der Waals surface area contributed by atoms with E-state index in [0.29, 0.717) is 30.6 Å². The van der Waals surface area contributed by atoms with Gasteiger partial charge < -0.3 is 15.4 Å². The number of carbonyl (C=O) groups is 2. The molecular formula is C17H19ClN4O3S. The van der Waals surface area contributed by atoms with Crippen molar-refractivity contribution in [2.75, 3.05) is 49.4 Å². The maximum Gasteiger partial charge on any atom is 0.240 e. The highest BCUT2D eigenvalue weighted by Crippen LogP contribution is 2.26. The van der Waals surface area contributed by atoms with Gasteiger partial charge in [0, 0.05) is 29.7 Å². The second-order valence-electron chi connectivity index (χ2n) is 5.73. The average Bonchev–Trinajstić information content (AvgIpc) is 3.11. The summed E-state index contributed by atoms with van der Waals surface area (Å²) >= 11 is 6.85. The third kappa shape index (κ3) is 5.25. The van der Waals surface area contributed by atoms with Gasteiger partial charge in [0.05, 0.1) is 25.5 Å². The Bertz CT molecular complexity index is 760. The number of morpholine rings is 1. The Labute approximate surface area is 160 Å². The quantitative estimate of drug-likeness (QED) is 0.734. The van der Waals surface area contributed by atoms with E-state index in [1.54, 1.807) is 12.1 Å². The number of aromatic nitrogens is 1. The molecule has 2 N–H and O–H groups in total. The number of hydrogen-bond donors (Lipinski definition) is 2. The van der Waals surface area contributed by atoms with Crippen molar-refractivity contribution in [1.29, 1.82) is 0 Å². The molecule has 1 aliphatic heterocycles. The molecule has 0 aliphatic carbocycles. The Morgan fingerprint density at radius 2 is 1.88 bits per heavy atom. The van der Waals surface area contributed by atoms with Crippen molar-refractivity contribution in [2.45, 2.75) is 0 Å². The molecule has 7 nitrogen and oxygen atoms in total. The van der Waals surface area contributed by atoms with Crippen LogP contribution in [0, 0.1) is 0 Å². The first-order valence-corrected chi connectivity index (χ1v) is 9.57. The van der Waals surface area contributed by atoms with Crippen LogP contribution < -0.4 is 10.6 Å². The maximum absolute atomic E-state index is 12.1. The predicted molar refractivity (Wildman–Crippen MR) is 103 cm³/mol. The molecule has 1 aliphatic rings. The Balaban J connectivity index is 1.56. The number of halogens is 1. The summed E-state index contributed by atoms with van der Waals surface area (Å²) in [5, 5.41) is 7.97. The molecule has 138 valence electrons. The van der Waals surface area contributed by atoms with E-state index in [4.69, 9.17) is 16.3 Å². The molecule has 9 heteroatoms. The number of anilines is 2. The van der Waals surface area contributed by atoms with Crippen molar-refractivity contribution in [3.8, 4) is 11.3 Å². The molecule has 0 bridgehead atoms. The van der Waals surface area contributed by atoms with Crippen LogP contribution in [-0.4, -0.2) is 60.4 Å². The minimum Gasteiger partial charge on any atom is -0.379 e. The van der Waals surface area contributed by atoms with Crippen LogP contribution in [0.25, 0.3) is 11.3 Å². The second kappa shape index (κ2) is 9.09. The number of amides is 2. The van der Waals surface area contributed by atoms with Gasteiger partial charge in [-0.05, 0) is 12.1 Å². The number of nitrogens with zero attached hydrogens (tertiary/aromatic N) is 2. The molecule has 0 radical (unpaired) electrons. The van der Waals surface area contributed by atoms with Crippen molar-refractivity contribution in [2.24, 2.45) is 0 Å². The molecule has 0 atom stereocenters. The van der Waals surface area contributed by atoms with Crippen molar-refractivity contribution < 1.29 is 14.3 Å². The molecule has 1 fully saturated rings. The van der Waals surface area contributed by atoms with Gasteiger partial charge in [-0.1, -0.05) is 12.1 Å². The minimum absolute atomic E-state index is 0.0769. The number of benzene rings is 1. The first-order valence-electron chi connectivity index (χ1n) is 8.16. The molecular weight excluding hydrogens is 376 g/mol. The molecule has 26 heavy (non-hydrogen) atoms. The van der Waals surface area contributed by atoms with Crippen LogP contribution in [0.1, 0.15) is 0 Å². The first-order chi connectivity index (χ1) is 12.6. The number of carbonyl (C=O) groups excluding carboxylic acids is 2. The van der Waals surface area contributed by atoms with E-state index in [2.05, 4.69) is 20.5 Å². The second-order valence-corrected chi connectivity index (χ2v) is 6.86. The van der Waals surface area contributed by atoms with Crippen LogP contribution in [0.15, 0.2) is 29.6 Å². The molecule has 2 heterocycles. The van der Waals surface area contributed by atoms with E-state index in [1.165, 1.54) is 11.3 Å². The van der Waals surface area contributed by atoms with E-state index in [-0.39, 0.29) is 17.7 Å². The number of nitrogens with one attached hydrogen (secondary N) is 2. The maximum atomic E-state index is 12.1. The Morgan fingerprint density at radius 3 is 2.58 bits per heavy atom. The first kappa shape index (κ1) is 18.8. The minimum atomic E-state index is -0.252. The molecule has 1 aromatic carbocycles. The van der Waals surface area contributed by atoms with Gasteiger partial charge >= 0.3 is 0 Å². The summed E-state index contributed by atoms with van der Waals surface area (Å²) in [6, 6.07) is 7.29. The van der Waals surface area contributed by atoms with Gasteiger partial charge in [0.2, 0.25) is 11.8 Å². The van der Waals surface area contributed by atoms with E-state index in [0.717, 1.165) is 24.3 Å². The Kier molecular flexibility index (Phi) is 6.56. The Morgan fingerprint density at radius 1 is 1.15 bits per heavy atom. The topological polar surface area (TPSA) is 83.6 Å². The molecule has 0 spiro atoms. The summed E-state index contributed by atoms with van der Waals surface area (Å²) in [6.45, 7) is 3.20. The molecule has 1 aromatic heterocycles. The van der Waals surface area contributed by atoms with Crippen LogP contribution in [0.4, 0.5) is 10.8 Å². The summed E-state index contributed by atoms with van der Waals surface area (Å²) in [5.41, 5.74) is 2.35. The zero-order valence-electron chi connectivity index (χ0n) is 14.0. The highest BCUT2D eigenvalue weighted by Gasteiger charge is 2.15. The summed E-state index contributed by atoms with van der Waals surface area (Å²) in [5.74, 6) is -0.410. The van der Waals surface area contributed by atoms with Gasteiger partial charge in [0.1, 0.15) is 5.88 Å². The van der Waals surface area contributed by atoms with Crippen LogP contribution >= 0.6 is 22.9 Å². The fourth-order valence-electron chi connectivity index (χ4n) is 2.50. The summed E-state index contributed by atoms with van der Waals surface area (Å²) in [4.78, 5) is 29.9. The molecule has 3 rings (SSSR count). The molecule has 1 saturated heterocycles. The van der Waals surface area contributed by atoms with E-state index < -0.39 is 0 Å². The summed E-state index contributed by atoms with van der Waals surface area (Å²) < 4.78 is 5.27. The molecule has 0 saturated carbocycles. The molecule has 2 amide bonds. The normalized spacial score (nSPS) is 14.8. The lowest BCUT2D eigenvalue weighted by atomic mass is 10.1. The number of thiazole rings is 1. The monoisotopic (exact) mass is 394 g/mol. The molecule has 2 aromatic rings. The Hall–Kier alpha value is -2.00. The van der Waals surface area contributed by atoms with Gasteiger partial charge in [-0.2, -0.15) is 0 Å². The van der Waals surface area contributed by atoms with Gasteiger partial charge in [-0.3, -0.25) is 14.5 Å². The SMILES string of the molecule is O=C(CCl)Nc1ccc(-c2csc(NC(=O)CN3CCOCC3)n2)cc1. The zero-order chi connectivity index (χ0) is 18.4. The van der Waals surface area contributed by atoms with Gasteiger partial charge in [0.15, 0.2) is 5.13 Å². The van der Waals surface area contributed by atoms with Crippen molar-refractivity contribution in [1.82, 2.24) is 9.88 Å². The number of rotatable bonds is 6. The summed E-state index contributed by atoms with van der Waals surface area (Å²) in [7, 11) is 0. The lowest BCUT2D eigenvalue weighted by Gasteiger charge is -2.25. The lowest BCUT2D eigenvalue weighted by Crippen LogP contribution is -2.41. The fraction of sp³-hybridized carbons (Fsp3) is 0.353.